The molecule has 17 heavy (non-hydrogen) atoms. The highest BCUT2D eigenvalue weighted by Gasteiger charge is 2.17. The first-order valence-electron chi connectivity index (χ1n) is 4.85. The molecule has 0 bridgehead atoms. The number of hydrogen-bond acceptors (Lipinski definition) is 3. The highest BCUT2D eigenvalue weighted by atomic mass is 79.9. The van der Waals surface area contributed by atoms with Gasteiger partial charge in [-0.3, -0.25) is 4.79 Å². The first-order chi connectivity index (χ1) is 8.00. The Morgan fingerprint density at radius 2 is 2.00 bits per heavy atom. The zero-order chi connectivity index (χ0) is 12.6. The van der Waals surface area contributed by atoms with E-state index in [0.29, 0.717) is 21.3 Å². The lowest BCUT2D eigenvalue weighted by atomic mass is 10.0. The normalized spacial score (nSPS) is 10.5. The van der Waals surface area contributed by atoms with Gasteiger partial charge in [0.1, 0.15) is 0 Å². The lowest BCUT2D eigenvalue weighted by Gasteiger charge is -2.05. The van der Waals surface area contributed by atoms with Crippen molar-refractivity contribution >= 4 is 54.7 Å². The third-order valence-corrected chi connectivity index (χ3v) is 4.84. The third-order valence-electron chi connectivity index (χ3n) is 2.41. The molecule has 88 valence electrons. The van der Waals surface area contributed by atoms with E-state index in [1.165, 1.54) is 0 Å². The molecule has 0 aliphatic heterocycles. The molecule has 0 saturated carbocycles. The number of carbonyl (C=O) groups is 1. The topological polar surface area (TPSA) is 43.1 Å². The average Bonchev–Trinajstić information content (AvgIpc) is 2.61. The van der Waals surface area contributed by atoms with Crippen molar-refractivity contribution in [2.75, 3.05) is 5.73 Å². The average molecular weight is 375 g/mol. The maximum atomic E-state index is 12.4. The minimum absolute atomic E-state index is 0.0105. The van der Waals surface area contributed by atoms with Crippen LogP contribution < -0.4 is 5.73 Å². The van der Waals surface area contributed by atoms with Crippen molar-refractivity contribution in [2.24, 2.45) is 0 Å². The summed E-state index contributed by atoms with van der Waals surface area (Å²) in [5.74, 6) is -0.0105. The van der Waals surface area contributed by atoms with Crippen molar-refractivity contribution in [1.29, 1.82) is 0 Å². The molecule has 0 aliphatic rings. The number of aryl methyl sites for hydroxylation is 1. The molecule has 0 unspecified atom stereocenters. The zero-order valence-corrected chi connectivity index (χ0v) is 12.9. The Kier molecular flexibility index (Phi) is 3.70. The van der Waals surface area contributed by atoms with Crippen LogP contribution in [0.2, 0.25) is 0 Å². The predicted octanol–water partition coefficient (Wildman–Crippen LogP) is 4.39. The Morgan fingerprint density at radius 3 is 2.59 bits per heavy atom. The number of hydrogen-bond donors (Lipinski definition) is 1. The van der Waals surface area contributed by atoms with Gasteiger partial charge in [0, 0.05) is 21.7 Å². The molecule has 2 rings (SSSR count). The van der Waals surface area contributed by atoms with Gasteiger partial charge in [0.15, 0.2) is 5.78 Å². The van der Waals surface area contributed by atoms with E-state index < -0.39 is 0 Å². The van der Waals surface area contributed by atoms with Gasteiger partial charge in [0.2, 0.25) is 0 Å². The summed E-state index contributed by atoms with van der Waals surface area (Å²) in [7, 11) is 0. The maximum absolute atomic E-state index is 12.4. The van der Waals surface area contributed by atoms with Gasteiger partial charge in [-0.1, -0.05) is 6.07 Å². The molecule has 5 heteroatoms. The Morgan fingerprint density at radius 1 is 1.29 bits per heavy atom. The summed E-state index contributed by atoms with van der Waals surface area (Å²) in [4.78, 5) is 13.4. The van der Waals surface area contributed by atoms with Crippen LogP contribution in [0.1, 0.15) is 20.8 Å². The van der Waals surface area contributed by atoms with Gasteiger partial charge >= 0.3 is 0 Å². The number of thiophene rings is 1. The summed E-state index contributed by atoms with van der Waals surface area (Å²) in [5, 5.41) is 0. The van der Waals surface area contributed by atoms with Crippen molar-refractivity contribution in [3.63, 3.8) is 0 Å². The summed E-state index contributed by atoms with van der Waals surface area (Å²) in [6.45, 7) is 1.93. The fourth-order valence-corrected chi connectivity index (χ4v) is 3.67. The number of halogens is 2. The van der Waals surface area contributed by atoms with Crippen molar-refractivity contribution in [3.8, 4) is 0 Å². The van der Waals surface area contributed by atoms with Crippen LogP contribution in [0.4, 0.5) is 5.69 Å². The van der Waals surface area contributed by atoms with Crippen LogP contribution in [0.3, 0.4) is 0 Å². The monoisotopic (exact) mass is 373 g/mol. The number of anilines is 1. The van der Waals surface area contributed by atoms with Gasteiger partial charge in [-0.05, 0) is 57.0 Å². The standard InChI is InChI=1S/C12H9Br2NOS/c1-6-8(5-10(13)17-6)12(16)7-3-2-4-9(15)11(7)14/h2-5H,15H2,1H3. The molecule has 0 radical (unpaired) electrons. The van der Waals surface area contributed by atoms with Gasteiger partial charge < -0.3 is 5.73 Å². The lowest BCUT2D eigenvalue weighted by molar-refractivity contribution is 0.103. The number of benzene rings is 1. The van der Waals surface area contributed by atoms with Gasteiger partial charge in [0.05, 0.1) is 8.26 Å². The summed E-state index contributed by atoms with van der Waals surface area (Å²) < 4.78 is 1.62. The lowest BCUT2D eigenvalue weighted by Crippen LogP contribution is -2.03. The van der Waals surface area contributed by atoms with E-state index in [1.54, 1.807) is 29.5 Å². The van der Waals surface area contributed by atoms with Crippen LogP contribution in [0.25, 0.3) is 0 Å². The van der Waals surface area contributed by atoms with E-state index in [4.69, 9.17) is 5.73 Å². The largest absolute Gasteiger partial charge is 0.398 e. The molecule has 1 aromatic carbocycles. The number of nitrogens with two attached hydrogens (primary N) is 1. The maximum Gasteiger partial charge on any atom is 0.195 e. The summed E-state index contributed by atoms with van der Waals surface area (Å²) in [5.41, 5.74) is 7.66. The SMILES string of the molecule is Cc1sc(Br)cc1C(=O)c1cccc(N)c1Br. The molecular formula is C12H9Br2NOS. The number of nitrogen functional groups attached to an aromatic ring is 1. The molecule has 0 saturated heterocycles. The second-order valence-electron chi connectivity index (χ2n) is 3.56. The van der Waals surface area contributed by atoms with E-state index in [9.17, 15) is 4.79 Å². The first kappa shape index (κ1) is 12.8. The van der Waals surface area contributed by atoms with E-state index in [2.05, 4.69) is 31.9 Å². The highest BCUT2D eigenvalue weighted by Crippen LogP contribution is 2.31. The Bertz CT molecular complexity index is 592. The number of carbonyl (C=O) groups excluding carboxylic acids is 1. The Labute approximate surface area is 120 Å². The van der Waals surface area contributed by atoms with E-state index in [-0.39, 0.29) is 5.78 Å². The summed E-state index contributed by atoms with van der Waals surface area (Å²) in [6, 6.07) is 7.16. The fraction of sp³-hybridized carbons (Fsp3) is 0.0833. The number of rotatable bonds is 2. The van der Waals surface area contributed by atoms with Crippen LogP contribution in [-0.4, -0.2) is 5.78 Å². The van der Waals surface area contributed by atoms with Crippen molar-refractivity contribution in [1.82, 2.24) is 0 Å². The second kappa shape index (κ2) is 4.92. The highest BCUT2D eigenvalue weighted by molar-refractivity contribution is 9.11. The van der Waals surface area contributed by atoms with Gasteiger partial charge in [-0.25, -0.2) is 0 Å². The molecule has 2 aromatic rings. The van der Waals surface area contributed by atoms with E-state index >= 15 is 0 Å². The second-order valence-corrected chi connectivity index (χ2v) is 6.99. The van der Waals surface area contributed by atoms with Crippen molar-refractivity contribution < 1.29 is 4.79 Å². The van der Waals surface area contributed by atoms with Crippen LogP contribution in [0, 0.1) is 6.92 Å². The molecule has 0 spiro atoms. The Balaban J connectivity index is 2.51. The zero-order valence-electron chi connectivity index (χ0n) is 8.96. The fourth-order valence-electron chi connectivity index (χ4n) is 1.54. The molecule has 0 atom stereocenters. The van der Waals surface area contributed by atoms with Crippen LogP contribution >= 0.6 is 43.2 Å². The third kappa shape index (κ3) is 2.46. The summed E-state index contributed by atoms with van der Waals surface area (Å²) >= 11 is 8.29. The molecular weight excluding hydrogens is 366 g/mol. The first-order valence-corrected chi connectivity index (χ1v) is 7.25. The molecule has 2 N–H and O–H groups in total. The van der Waals surface area contributed by atoms with Crippen molar-refractivity contribution in [2.45, 2.75) is 6.92 Å². The smallest absolute Gasteiger partial charge is 0.195 e. The minimum atomic E-state index is -0.0105. The van der Waals surface area contributed by atoms with Crippen LogP contribution in [-0.2, 0) is 0 Å². The van der Waals surface area contributed by atoms with Gasteiger partial charge in [-0.15, -0.1) is 11.3 Å². The van der Waals surface area contributed by atoms with Gasteiger partial charge in [0.25, 0.3) is 0 Å². The van der Waals surface area contributed by atoms with Crippen LogP contribution in [0.5, 0.6) is 0 Å². The molecule has 1 heterocycles. The quantitative estimate of drug-likeness (QED) is 0.625. The molecule has 0 fully saturated rings. The molecule has 2 nitrogen and oxygen atoms in total. The molecule has 0 amide bonds. The molecule has 1 aromatic heterocycles. The Hall–Kier alpha value is -0.650. The van der Waals surface area contributed by atoms with E-state index in [0.717, 1.165) is 8.66 Å². The number of ketones is 1. The predicted molar refractivity (Wildman–Crippen MR) is 78.7 cm³/mol. The van der Waals surface area contributed by atoms with Crippen LogP contribution in [0.15, 0.2) is 32.5 Å². The van der Waals surface area contributed by atoms with E-state index in [1.807, 2.05) is 13.0 Å². The minimum Gasteiger partial charge on any atom is -0.398 e. The van der Waals surface area contributed by atoms with Gasteiger partial charge in [-0.2, -0.15) is 0 Å². The molecule has 0 aliphatic carbocycles. The summed E-state index contributed by atoms with van der Waals surface area (Å²) in [6.07, 6.45) is 0. The van der Waals surface area contributed by atoms with Crippen molar-refractivity contribution in [3.05, 3.63) is 48.5 Å².